The molecule has 0 bridgehead atoms. The highest BCUT2D eigenvalue weighted by Crippen LogP contribution is 2.55. The van der Waals surface area contributed by atoms with E-state index in [9.17, 15) is 10.1 Å². The van der Waals surface area contributed by atoms with Crippen LogP contribution in [0.15, 0.2) is 66.7 Å². The first-order valence-electron chi connectivity index (χ1n) is 13.3. The lowest BCUT2D eigenvalue weighted by Gasteiger charge is -2.39. The van der Waals surface area contributed by atoms with Crippen LogP contribution in [-0.2, 0) is 16.8 Å². The van der Waals surface area contributed by atoms with Gasteiger partial charge < -0.3 is 25.0 Å². The van der Waals surface area contributed by atoms with Gasteiger partial charge >= 0.3 is 6.09 Å². The molecule has 0 aromatic heterocycles. The van der Waals surface area contributed by atoms with Gasteiger partial charge in [-0.2, -0.15) is 5.26 Å². The Morgan fingerprint density at radius 1 is 1.05 bits per heavy atom. The van der Waals surface area contributed by atoms with Gasteiger partial charge in [0.25, 0.3) is 0 Å². The zero-order valence-corrected chi connectivity index (χ0v) is 21.9. The average molecular weight is 511 g/mol. The molecule has 0 aliphatic carbocycles. The van der Waals surface area contributed by atoms with Crippen LogP contribution < -0.4 is 15.4 Å². The van der Waals surface area contributed by atoms with Crippen LogP contribution in [0.3, 0.4) is 0 Å². The number of para-hydroxylation sites is 2. The lowest BCUT2D eigenvalue weighted by molar-refractivity contribution is 0.0791. The molecule has 1 saturated heterocycles. The van der Waals surface area contributed by atoms with Gasteiger partial charge in [-0.25, -0.2) is 4.79 Å². The third-order valence-corrected chi connectivity index (χ3v) is 7.69. The van der Waals surface area contributed by atoms with Crippen molar-refractivity contribution in [3.05, 3.63) is 83.4 Å². The van der Waals surface area contributed by atoms with E-state index in [2.05, 4.69) is 17.9 Å². The highest BCUT2D eigenvalue weighted by Gasteiger charge is 2.49. The number of fused-ring (bicyclic) bond motifs is 2. The van der Waals surface area contributed by atoms with Crippen molar-refractivity contribution >= 4 is 23.2 Å². The Bertz CT molecular complexity index is 1330. The molecule has 7 heteroatoms. The number of amides is 1. The number of nitrogens with zero attached hydrogens (tertiary/aromatic N) is 3. The van der Waals surface area contributed by atoms with Crippen molar-refractivity contribution in [1.29, 1.82) is 5.26 Å². The van der Waals surface area contributed by atoms with Crippen LogP contribution in [0.2, 0.25) is 0 Å². The molecule has 2 N–H and O–H groups in total. The van der Waals surface area contributed by atoms with Gasteiger partial charge in [-0.3, -0.25) is 0 Å². The minimum Gasteiger partial charge on any atom is -0.491 e. The number of carbonyl (C=O) groups excluding carboxylic acids is 1. The molecule has 1 fully saturated rings. The summed E-state index contributed by atoms with van der Waals surface area (Å²) in [6.07, 6.45) is 3.12. The Morgan fingerprint density at radius 2 is 1.79 bits per heavy atom. The Kier molecular flexibility index (Phi) is 7.41. The van der Waals surface area contributed by atoms with Crippen molar-refractivity contribution in [2.45, 2.75) is 44.6 Å². The maximum atomic E-state index is 12.9. The maximum Gasteiger partial charge on any atom is 0.410 e. The number of nitrogens with two attached hydrogens (primary N) is 1. The first-order chi connectivity index (χ1) is 18.6. The Balaban J connectivity index is 1.44. The van der Waals surface area contributed by atoms with Gasteiger partial charge in [0, 0.05) is 30.6 Å². The number of hydrogen-bond acceptors (Lipinski definition) is 6. The minimum atomic E-state index is -0.303. The zero-order chi connectivity index (χ0) is 26.5. The van der Waals surface area contributed by atoms with Crippen LogP contribution in [-0.4, -0.2) is 37.2 Å². The molecule has 1 amide bonds. The molecule has 0 radical (unpaired) electrons. The number of nitriles is 1. The highest BCUT2D eigenvalue weighted by atomic mass is 16.6. The van der Waals surface area contributed by atoms with Crippen molar-refractivity contribution in [2.24, 2.45) is 0 Å². The first-order valence-corrected chi connectivity index (χ1v) is 13.3. The lowest BCUT2D eigenvalue weighted by atomic mass is 9.72. The summed E-state index contributed by atoms with van der Waals surface area (Å²) < 4.78 is 11.9. The molecule has 7 nitrogen and oxygen atoms in total. The van der Waals surface area contributed by atoms with Gasteiger partial charge in [0.1, 0.15) is 12.4 Å². The number of anilines is 3. The van der Waals surface area contributed by atoms with Gasteiger partial charge in [0.15, 0.2) is 0 Å². The summed E-state index contributed by atoms with van der Waals surface area (Å²) in [6, 6.07) is 23.7. The lowest BCUT2D eigenvalue weighted by Crippen LogP contribution is -2.47. The maximum absolute atomic E-state index is 12.9. The summed E-state index contributed by atoms with van der Waals surface area (Å²) in [6.45, 7) is 4.78. The molecule has 3 aromatic carbocycles. The van der Waals surface area contributed by atoms with E-state index in [-0.39, 0.29) is 18.1 Å². The zero-order valence-electron chi connectivity index (χ0n) is 21.9. The van der Waals surface area contributed by atoms with Crippen LogP contribution in [0.1, 0.15) is 49.3 Å². The van der Waals surface area contributed by atoms with Gasteiger partial charge in [-0.1, -0.05) is 55.8 Å². The number of ether oxygens (including phenoxy) is 2. The normalized spacial score (nSPS) is 15.7. The van der Waals surface area contributed by atoms with E-state index in [1.54, 1.807) is 4.90 Å². The molecular formula is C31H34N4O3. The Morgan fingerprint density at radius 3 is 2.50 bits per heavy atom. The predicted octanol–water partition coefficient (Wildman–Crippen LogP) is 6.14. The number of unbranched alkanes of at least 4 members (excludes halogenated alkanes) is 1. The fourth-order valence-corrected chi connectivity index (χ4v) is 5.65. The van der Waals surface area contributed by atoms with E-state index >= 15 is 0 Å². The highest BCUT2D eigenvalue weighted by molar-refractivity contribution is 5.85. The SMILES string of the molecule is CCCCOc1ccc(C#N)c2c1N(c1ccccc1N)CC21CCN(C(=O)OCc2ccccc2)CC1. The Hall–Kier alpha value is -4.18. The molecule has 3 aromatic rings. The van der Waals surface area contributed by atoms with Crippen molar-refractivity contribution < 1.29 is 14.3 Å². The molecule has 5 rings (SSSR count). The summed E-state index contributed by atoms with van der Waals surface area (Å²) in [5, 5.41) is 10.1. The monoisotopic (exact) mass is 510 g/mol. The average Bonchev–Trinajstić information content (AvgIpc) is 3.28. The van der Waals surface area contributed by atoms with Gasteiger partial charge in [0.2, 0.25) is 0 Å². The summed E-state index contributed by atoms with van der Waals surface area (Å²) in [7, 11) is 0. The first kappa shape index (κ1) is 25.5. The summed E-state index contributed by atoms with van der Waals surface area (Å²) in [5.74, 6) is 0.775. The number of nitrogen functional groups attached to an aromatic ring is 1. The van der Waals surface area contributed by atoms with Crippen molar-refractivity contribution in [2.75, 3.05) is 36.9 Å². The van der Waals surface area contributed by atoms with Gasteiger partial charge in [-0.05, 0) is 49.1 Å². The summed E-state index contributed by atoms with van der Waals surface area (Å²) >= 11 is 0. The van der Waals surface area contributed by atoms with E-state index in [0.717, 1.165) is 53.9 Å². The molecule has 38 heavy (non-hydrogen) atoms. The molecule has 0 unspecified atom stereocenters. The number of likely N-dealkylation sites (tertiary alicyclic amines) is 1. The second-order valence-corrected chi connectivity index (χ2v) is 10.1. The molecule has 2 heterocycles. The van der Waals surface area contributed by atoms with Crippen molar-refractivity contribution in [1.82, 2.24) is 4.90 Å². The quantitative estimate of drug-likeness (QED) is 0.303. The third kappa shape index (κ3) is 4.87. The van der Waals surface area contributed by atoms with Crippen LogP contribution in [0.4, 0.5) is 21.9 Å². The van der Waals surface area contributed by atoms with Crippen LogP contribution in [0, 0.1) is 11.3 Å². The fourth-order valence-electron chi connectivity index (χ4n) is 5.65. The van der Waals surface area contributed by atoms with Crippen LogP contribution >= 0.6 is 0 Å². The molecule has 2 aliphatic heterocycles. The number of piperidine rings is 1. The fraction of sp³-hybridized carbons (Fsp3) is 0.355. The second kappa shape index (κ2) is 11.1. The van der Waals surface area contributed by atoms with E-state index in [1.165, 1.54) is 0 Å². The standard InChI is InChI=1S/C31H34N4O3/c1-2-3-19-37-27-14-13-24(20-32)28-29(27)35(26-12-8-7-11-25(26)33)22-31(28)15-17-34(18-16-31)30(36)38-21-23-9-5-4-6-10-23/h4-14H,2-3,15-19,21-22,33H2,1H3. The van der Waals surface area contributed by atoms with E-state index in [4.69, 9.17) is 15.2 Å². The number of carbonyl (C=O) groups is 1. The van der Waals surface area contributed by atoms with Crippen LogP contribution in [0.5, 0.6) is 5.75 Å². The molecule has 1 spiro atoms. The number of rotatable bonds is 7. The molecule has 2 aliphatic rings. The van der Waals surface area contributed by atoms with E-state index < -0.39 is 0 Å². The van der Waals surface area contributed by atoms with Gasteiger partial charge in [0.05, 0.1) is 35.3 Å². The third-order valence-electron chi connectivity index (χ3n) is 7.69. The van der Waals surface area contributed by atoms with Gasteiger partial charge in [-0.15, -0.1) is 0 Å². The van der Waals surface area contributed by atoms with Crippen molar-refractivity contribution in [3.8, 4) is 11.8 Å². The predicted molar refractivity (Wildman–Crippen MR) is 149 cm³/mol. The molecular weight excluding hydrogens is 476 g/mol. The Labute approximate surface area is 224 Å². The van der Waals surface area contributed by atoms with Crippen molar-refractivity contribution in [3.63, 3.8) is 0 Å². The summed E-state index contributed by atoms with van der Waals surface area (Å²) in [5.41, 5.74) is 11.3. The largest absolute Gasteiger partial charge is 0.491 e. The second-order valence-electron chi connectivity index (χ2n) is 10.1. The molecule has 196 valence electrons. The molecule has 0 saturated carbocycles. The summed E-state index contributed by atoms with van der Waals surface area (Å²) in [4.78, 5) is 16.9. The van der Waals surface area contributed by atoms with E-state index in [1.807, 2.05) is 66.7 Å². The van der Waals surface area contributed by atoms with Crippen LogP contribution in [0.25, 0.3) is 0 Å². The smallest absolute Gasteiger partial charge is 0.410 e. The number of hydrogen-bond donors (Lipinski definition) is 1. The van der Waals surface area contributed by atoms with E-state index in [0.29, 0.717) is 37.5 Å². The molecule has 0 atom stereocenters. The topological polar surface area (TPSA) is 91.8 Å². The minimum absolute atomic E-state index is 0.252. The number of benzene rings is 3.